The minimum absolute atomic E-state index is 0.135. The number of ketones is 1. The summed E-state index contributed by atoms with van der Waals surface area (Å²) in [5, 5.41) is 11.3. The van der Waals surface area contributed by atoms with Crippen molar-refractivity contribution in [3.63, 3.8) is 0 Å². The fourth-order valence-corrected chi connectivity index (χ4v) is 3.10. The van der Waals surface area contributed by atoms with Crippen molar-refractivity contribution in [3.05, 3.63) is 102 Å². The van der Waals surface area contributed by atoms with Crippen molar-refractivity contribution < 1.29 is 14.7 Å². The van der Waals surface area contributed by atoms with Gasteiger partial charge in [0.05, 0.1) is 11.1 Å². The van der Waals surface area contributed by atoms with Crippen LogP contribution in [0.4, 0.5) is 0 Å². The fourth-order valence-electron chi connectivity index (χ4n) is 3.10. The molecule has 0 aliphatic rings. The summed E-state index contributed by atoms with van der Waals surface area (Å²) in [5.74, 6) is -1.04. The second-order valence-corrected chi connectivity index (χ2v) is 5.92. The normalized spacial score (nSPS) is 10.8. The lowest BCUT2D eigenvalue weighted by Gasteiger charge is -2.06. The zero-order chi connectivity index (χ0) is 18.1. The number of aromatic hydroxyl groups is 1. The molecule has 4 nitrogen and oxygen atoms in total. The Bertz CT molecular complexity index is 1020. The molecule has 0 amide bonds. The number of rotatable bonds is 3. The van der Waals surface area contributed by atoms with Crippen molar-refractivity contribution in [2.45, 2.75) is 0 Å². The summed E-state index contributed by atoms with van der Waals surface area (Å²) in [7, 11) is 0. The van der Waals surface area contributed by atoms with Crippen molar-refractivity contribution in [1.82, 2.24) is 4.57 Å². The van der Waals surface area contributed by atoms with E-state index in [-0.39, 0.29) is 23.1 Å². The van der Waals surface area contributed by atoms with E-state index in [1.54, 1.807) is 72.8 Å². The van der Waals surface area contributed by atoms with Gasteiger partial charge < -0.3 is 5.11 Å². The van der Waals surface area contributed by atoms with Crippen LogP contribution in [0.3, 0.4) is 0 Å². The quantitative estimate of drug-likeness (QED) is 0.566. The van der Waals surface area contributed by atoms with Gasteiger partial charge in [-0.25, -0.2) is 4.57 Å². The minimum Gasteiger partial charge on any atom is -0.494 e. The van der Waals surface area contributed by atoms with Gasteiger partial charge in [0.2, 0.25) is 5.88 Å². The van der Waals surface area contributed by atoms with Crippen molar-refractivity contribution >= 4 is 22.6 Å². The van der Waals surface area contributed by atoms with Crippen molar-refractivity contribution in [1.29, 1.82) is 0 Å². The number of benzene rings is 3. The Kier molecular flexibility index (Phi) is 3.86. The first-order valence-electron chi connectivity index (χ1n) is 8.20. The van der Waals surface area contributed by atoms with E-state index in [4.69, 9.17) is 0 Å². The first-order valence-corrected chi connectivity index (χ1v) is 8.20. The van der Waals surface area contributed by atoms with Crippen molar-refractivity contribution in [2.24, 2.45) is 0 Å². The summed E-state index contributed by atoms with van der Waals surface area (Å²) >= 11 is 0. The van der Waals surface area contributed by atoms with Crippen LogP contribution in [0.25, 0.3) is 10.9 Å². The minimum atomic E-state index is -0.383. The van der Waals surface area contributed by atoms with Gasteiger partial charge in [-0.3, -0.25) is 9.59 Å². The fraction of sp³-hybridized carbons (Fsp3) is 0. The molecule has 4 rings (SSSR count). The van der Waals surface area contributed by atoms with Gasteiger partial charge in [0.15, 0.2) is 5.78 Å². The highest BCUT2D eigenvalue weighted by molar-refractivity contribution is 6.20. The average molecular weight is 341 g/mol. The van der Waals surface area contributed by atoms with Gasteiger partial charge in [-0.05, 0) is 18.2 Å². The van der Waals surface area contributed by atoms with Gasteiger partial charge in [0.1, 0.15) is 0 Å². The summed E-state index contributed by atoms with van der Waals surface area (Å²) in [6, 6.07) is 24.4. The maximum atomic E-state index is 13.0. The predicted octanol–water partition coefficient (Wildman–Crippen LogP) is 4.27. The molecule has 0 spiro atoms. The number of carbonyl (C=O) groups is 2. The molecule has 0 radical (unpaired) electrons. The number of hydrogen-bond donors (Lipinski definition) is 1. The van der Waals surface area contributed by atoms with Crippen LogP contribution >= 0.6 is 0 Å². The second kappa shape index (κ2) is 6.33. The Morgan fingerprint density at radius 2 is 1.23 bits per heavy atom. The number of para-hydroxylation sites is 1. The highest BCUT2D eigenvalue weighted by atomic mass is 16.3. The summed E-state index contributed by atoms with van der Waals surface area (Å²) in [6.45, 7) is 0. The Morgan fingerprint density at radius 1 is 0.692 bits per heavy atom. The molecule has 0 unspecified atom stereocenters. The summed E-state index contributed by atoms with van der Waals surface area (Å²) < 4.78 is 1.20. The van der Waals surface area contributed by atoms with E-state index in [9.17, 15) is 14.7 Å². The first-order chi connectivity index (χ1) is 12.7. The molecule has 0 aliphatic heterocycles. The van der Waals surface area contributed by atoms with Crippen LogP contribution in [0.5, 0.6) is 5.88 Å². The smallest absolute Gasteiger partial charge is 0.265 e. The van der Waals surface area contributed by atoms with E-state index >= 15 is 0 Å². The van der Waals surface area contributed by atoms with Crippen LogP contribution in [0.2, 0.25) is 0 Å². The number of hydrogen-bond acceptors (Lipinski definition) is 3. The van der Waals surface area contributed by atoms with E-state index in [1.165, 1.54) is 4.57 Å². The van der Waals surface area contributed by atoms with Gasteiger partial charge in [0.25, 0.3) is 5.91 Å². The second-order valence-electron chi connectivity index (χ2n) is 5.92. The van der Waals surface area contributed by atoms with Gasteiger partial charge in [-0.2, -0.15) is 0 Å². The third-order valence-corrected chi connectivity index (χ3v) is 4.34. The Balaban J connectivity index is 1.95. The molecule has 0 saturated carbocycles. The first kappa shape index (κ1) is 15.8. The molecule has 126 valence electrons. The van der Waals surface area contributed by atoms with Crippen LogP contribution in [-0.2, 0) is 0 Å². The Hall–Kier alpha value is -3.66. The van der Waals surface area contributed by atoms with Crippen LogP contribution in [0.15, 0.2) is 84.9 Å². The largest absolute Gasteiger partial charge is 0.494 e. The van der Waals surface area contributed by atoms with Crippen LogP contribution in [0, 0.1) is 0 Å². The van der Waals surface area contributed by atoms with E-state index in [0.29, 0.717) is 22.0 Å². The SMILES string of the molecule is O=C(c1ccccc1)c1c(O)n(C(=O)c2ccccc2)c2ccccc12. The maximum Gasteiger partial charge on any atom is 0.265 e. The molecule has 26 heavy (non-hydrogen) atoms. The highest BCUT2D eigenvalue weighted by Gasteiger charge is 2.26. The topological polar surface area (TPSA) is 59.3 Å². The van der Waals surface area contributed by atoms with Gasteiger partial charge in [-0.1, -0.05) is 66.7 Å². The molecule has 4 heteroatoms. The zero-order valence-electron chi connectivity index (χ0n) is 13.8. The van der Waals surface area contributed by atoms with Gasteiger partial charge in [-0.15, -0.1) is 0 Å². The van der Waals surface area contributed by atoms with Crippen molar-refractivity contribution in [3.8, 4) is 5.88 Å². The van der Waals surface area contributed by atoms with Crippen LogP contribution in [-0.4, -0.2) is 21.4 Å². The zero-order valence-corrected chi connectivity index (χ0v) is 13.8. The number of aromatic nitrogens is 1. The maximum absolute atomic E-state index is 13.0. The summed E-state index contributed by atoms with van der Waals surface area (Å²) in [6.07, 6.45) is 0. The third-order valence-electron chi connectivity index (χ3n) is 4.34. The molecule has 4 aromatic rings. The summed E-state index contributed by atoms with van der Waals surface area (Å²) in [4.78, 5) is 25.9. The highest BCUT2D eigenvalue weighted by Crippen LogP contribution is 2.33. The Labute approximate surface area is 149 Å². The lowest BCUT2D eigenvalue weighted by Crippen LogP contribution is -2.11. The monoisotopic (exact) mass is 341 g/mol. The molecule has 0 atom stereocenters. The van der Waals surface area contributed by atoms with E-state index in [2.05, 4.69) is 0 Å². The number of fused-ring (bicyclic) bond motifs is 1. The predicted molar refractivity (Wildman–Crippen MR) is 99.6 cm³/mol. The average Bonchev–Trinajstić information content (AvgIpc) is 3.00. The van der Waals surface area contributed by atoms with Gasteiger partial charge >= 0.3 is 0 Å². The number of carbonyl (C=O) groups excluding carboxylic acids is 2. The molecular weight excluding hydrogens is 326 g/mol. The molecule has 3 aromatic carbocycles. The molecular formula is C22H15NO3. The van der Waals surface area contributed by atoms with Gasteiger partial charge in [0, 0.05) is 16.5 Å². The molecule has 0 bridgehead atoms. The molecule has 0 fully saturated rings. The molecule has 1 N–H and O–H groups in total. The third kappa shape index (κ3) is 2.48. The summed E-state index contributed by atoms with van der Waals surface area (Å²) in [5.41, 5.74) is 1.52. The lowest BCUT2D eigenvalue weighted by atomic mass is 10.0. The van der Waals surface area contributed by atoms with E-state index in [1.807, 2.05) is 12.1 Å². The van der Waals surface area contributed by atoms with Crippen molar-refractivity contribution in [2.75, 3.05) is 0 Å². The van der Waals surface area contributed by atoms with E-state index < -0.39 is 0 Å². The number of nitrogens with zero attached hydrogens (tertiary/aromatic N) is 1. The molecule has 0 saturated heterocycles. The van der Waals surface area contributed by atoms with Crippen LogP contribution in [0.1, 0.15) is 26.3 Å². The van der Waals surface area contributed by atoms with E-state index in [0.717, 1.165) is 0 Å². The Morgan fingerprint density at radius 3 is 1.88 bits per heavy atom. The van der Waals surface area contributed by atoms with Crippen LogP contribution < -0.4 is 0 Å². The molecule has 1 heterocycles. The molecule has 0 aliphatic carbocycles. The lowest BCUT2D eigenvalue weighted by molar-refractivity contribution is 0.0956. The standard InChI is InChI=1S/C22H15NO3/c24-20(15-9-3-1-4-10-15)19-17-13-7-8-14-18(17)23(22(19)26)21(25)16-11-5-2-6-12-16/h1-14,26H. The molecule has 1 aromatic heterocycles.